The summed E-state index contributed by atoms with van der Waals surface area (Å²) in [5.74, 6) is 0.0474. The number of halogens is 1. The molecule has 2 nitrogen and oxygen atoms in total. The molecule has 0 spiro atoms. The topological polar surface area (TPSA) is 36.7 Å². The zero-order valence-corrected chi connectivity index (χ0v) is 7.34. The van der Waals surface area contributed by atoms with Crippen LogP contribution in [0.5, 0.6) is 0 Å². The Morgan fingerprint density at radius 1 is 1.58 bits per heavy atom. The summed E-state index contributed by atoms with van der Waals surface area (Å²) in [4.78, 5) is 4.19. The van der Waals surface area contributed by atoms with Crippen molar-refractivity contribution < 1.29 is 0 Å². The van der Waals surface area contributed by atoms with Crippen molar-refractivity contribution in [3.63, 3.8) is 0 Å². The van der Waals surface area contributed by atoms with E-state index in [-0.39, 0.29) is 18.3 Å². The molecule has 62 valence electrons. The molecule has 0 N–H and O–H groups in total. The van der Waals surface area contributed by atoms with Crippen LogP contribution in [0.1, 0.15) is 23.6 Å². The van der Waals surface area contributed by atoms with E-state index in [1.54, 1.807) is 6.20 Å². The first-order valence-electron chi connectivity index (χ1n) is 3.75. The first kappa shape index (κ1) is 9.02. The highest BCUT2D eigenvalue weighted by Crippen LogP contribution is 2.29. The zero-order valence-electron chi connectivity index (χ0n) is 6.53. The van der Waals surface area contributed by atoms with Gasteiger partial charge in [0.2, 0.25) is 0 Å². The quantitative estimate of drug-likeness (QED) is 0.613. The van der Waals surface area contributed by atoms with E-state index in [0.29, 0.717) is 0 Å². The van der Waals surface area contributed by atoms with Gasteiger partial charge in [0.15, 0.2) is 0 Å². The third-order valence-corrected chi connectivity index (χ3v) is 2.11. The molecule has 1 atom stereocenters. The Morgan fingerprint density at radius 2 is 2.42 bits per heavy atom. The van der Waals surface area contributed by atoms with E-state index >= 15 is 0 Å². The first-order chi connectivity index (χ1) is 5.42. The Morgan fingerprint density at radius 3 is 3.17 bits per heavy atom. The second-order valence-electron chi connectivity index (χ2n) is 2.77. The lowest BCUT2D eigenvalue weighted by atomic mass is 10.1. The number of hydrogen-bond acceptors (Lipinski definition) is 2. The van der Waals surface area contributed by atoms with Crippen molar-refractivity contribution in [2.45, 2.75) is 18.8 Å². The third kappa shape index (κ3) is 1.28. The molecule has 0 radical (unpaired) electrons. The van der Waals surface area contributed by atoms with Gasteiger partial charge in [0, 0.05) is 6.20 Å². The molecule has 1 unspecified atom stereocenters. The summed E-state index contributed by atoms with van der Waals surface area (Å²) in [6, 6.07) is 6.24. The maximum Gasteiger partial charge on any atom is 0.0890 e. The van der Waals surface area contributed by atoms with Crippen molar-refractivity contribution >= 4 is 12.4 Å². The van der Waals surface area contributed by atoms with Crippen LogP contribution in [0.3, 0.4) is 0 Å². The van der Waals surface area contributed by atoms with Crippen molar-refractivity contribution in [1.82, 2.24) is 4.98 Å². The number of aromatic nitrogens is 1. The Kier molecular flexibility index (Phi) is 2.67. The van der Waals surface area contributed by atoms with Crippen molar-refractivity contribution in [2.24, 2.45) is 0 Å². The van der Waals surface area contributed by atoms with Gasteiger partial charge in [-0.15, -0.1) is 12.4 Å². The summed E-state index contributed by atoms with van der Waals surface area (Å²) in [6.07, 6.45) is 3.72. The molecule has 0 bridgehead atoms. The van der Waals surface area contributed by atoms with Crippen LogP contribution in [0, 0.1) is 11.3 Å². The van der Waals surface area contributed by atoms with Crippen LogP contribution in [0.25, 0.3) is 0 Å². The second kappa shape index (κ2) is 3.55. The highest BCUT2D eigenvalue weighted by Gasteiger charge is 2.22. The summed E-state index contributed by atoms with van der Waals surface area (Å²) >= 11 is 0. The summed E-state index contributed by atoms with van der Waals surface area (Å²) in [6.45, 7) is 0. The lowest BCUT2D eigenvalue weighted by Crippen LogP contribution is -1.91. The second-order valence-corrected chi connectivity index (χ2v) is 2.77. The Balaban J connectivity index is 0.000000720. The van der Waals surface area contributed by atoms with E-state index in [1.807, 2.05) is 6.07 Å². The van der Waals surface area contributed by atoms with Crippen molar-refractivity contribution in [3.8, 4) is 6.07 Å². The molecule has 1 aromatic rings. The van der Waals surface area contributed by atoms with E-state index in [1.165, 1.54) is 5.56 Å². The number of hydrogen-bond donors (Lipinski definition) is 0. The van der Waals surface area contributed by atoms with Crippen LogP contribution in [0.4, 0.5) is 0 Å². The fourth-order valence-electron chi connectivity index (χ4n) is 1.54. The van der Waals surface area contributed by atoms with E-state index in [9.17, 15) is 0 Å². The van der Waals surface area contributed by atoms with E-state index in [2.05, 4.69) is 17.1 Å². The van der Waals surface area contributed by atoms with E-state index < -0.39 is 0 Å². The molecule has 0 fully saturated rings. The van der Waals surface area contributed by atoms with Gasteiger partial charge in [0.05, 0.1) is 17.7 Å². The summed E-state index contributed by atoms with van der Waals surface area (Å²) in [5.41, 5.74) is 2.24. The Bertz CT molecular complexity index is 317. The average molecular weight is 181 g/mol. The van der Waals surface area contributed by atoms with Crippen molar-refractivity contribution in [3.05, 3.63) is 29.6 Å². The summed E-state index contributed by atoms with van der Waals surface area (Å²) < 4.78 is 0. The van der Waals surface area contributed by atoms with Crippen molar-refractivity contribution in [1.29, 1.82) is 5.26 Å². The summed E-state index contributed by atoms with van der Waals surface area (Å²) in [7, 11) is 0. The fourth-order valence-corrected chi connectivity index (χ4v) is 1.54. The molecule has 1 aliphatic rings. The minimum absolute atomic E-state index is 0. The predicted octanol–water partition coefficient (Wildman–Crippen LogP) is 2.06. The molecule has 3 heteroatoms. The van der Waals surface area contributed by atoms with Gasteiger partial charge >= 0.3 is 0 Å². The lowest BCUT2D eigenvalue weighted by Gasteiger charge is -1.97. The Hall–Kier alpha value is -1.07. The molecule has 12 heavy (non-hydrogen) atoms. The number of nitriles is 1. The molecule has 0 saturated carbocycles. The fraction of sp³-hybridized carbons (Fsp3) is 0.333. The van der Waals surface area contributed by atoms with Gasteiger partial charge in [-0.2, -0.15) is 5.26 Å². The van der Waals surface area contributed by atoms with Gasteiger partial charge in [-0.05, 0) is 24.5 Å². The highest BCUT2D eigenvalue weighted by atomic mass is 35.5. The maximum atomic E-state index is 8.72. The number of rotatable bonds is 0. The van der Waals surface area contributed by atoms with E-state index in [0.717, 1.165) is 18.5 Å². The standard InChI is InChI=1S/C9H8N2.ClH/c10-6-8-4-3-7-2-1-5-11-9(7)8;/h1-2,5,8H,3-4H2;1H. The van der Waals surface area contributed by atoms with Crippen LogP contribution >= 0.6 is 12.4 Å². The molecule has 0 saturated heterocycles. The van der Waals surface area contributed by atoms with Gasteiger partial charge in [-0.1, -0.05) is 6.07 Å². The highest BCUT2D eigenvalue weighted by molar-refractivity contribution is 5.85. The minimum Gasteiger partial charge on any atom is -0.260 e. The largest absolute Gasteiger partial charge is 0.260 e. The molecule has 2 rings (SSSR count). The predicted molar refractivity (Wildman–Crippen MR) is 48.2 cm³/mol. The first-order valence-corrected chi connectivity index (χ1v) is 3.75. The minimum atomic E-state index is 0. The van der Waals surface area contributed by atoms with Gasteiger partial charge in [-0.25, -0.2) is 0 Å². The maximum absolute atomic E-state index is 8.72. The van der Waals surface area contributed by atoms with Crippen LogP contribution in [-0.2, 0) is 6.42 Å². The smallest absolute Gasteiger partial charge is 0.0890 e. The third-order valence-electron chi connectivity index (χ3n) is 2.11. The molecular formula is C9H9ClN2. The SMILES string of the molecule is Cl.N#CC1CCc2cccnc21. The van der Waals surface area contributed by atoms with Gasteiger partial charge < -0.3 is 0 Å². The number of aryl methyl sites for hydroxylation is 1. The molecule has 0 aliphatic heterocycles. The van der Waals surface area contributed by atoms with Crippen LogP contribution in [-0.4, -0.2) is 4.98 Å². The van der Waals surface area contributed by atoms with Gasteiger partial charge in [0.1, 0.15) is 0 Å². The number of fused-ring (bicyclic) bond motifs is 1. The van der Waals surface area contributed by atoms with Crippen LogP contribution in [0.15, 0.2) is 18.3 Å². The molecule has 1 aliphatic carbocycles. The normalized spacial score (nSPS) is 19.1. The average Bonchev–Trinajstić information content (AvgIpc) is 2.47. The van der Waals surface area contributed by atoms with Gasteiger partial charge in [-0.3, -0.25) is 4.98 Å². The monoisotopic (exact) mass is 180 g/mol. The Labute approximate surface area is 77.7 Å². The lowest BCUT2D eigenvalue weighted by molar-refractivity contribution is 0.810. The van der Waals surface area contributed by atoms with Crippen LogP contribution < -0.4 is 0 Å². The molecule has 1 heterocycles. The summed E-state index contributed by atoms with van der Waals surface area (Å²) in [5, 5.41) is 8.72. The van der Waals surface area contributed by atoms with Gasteiger partial charge in [0.25, 0.3) is 0 Å². The number of pyridine rings is 1. The molecular weight excluding hydrogens is 172 g/mol. The molecule has 1 aromatic heterocycles. The van der Waals surface area contributed by atoms with Crippen molar-refractivity contribution in [2.75, 3.05) is 0 Å². The zero-order chi connectivity index (χ0) is 7.68. The number of nitrogens with zero attached hydrogens (tertiary/aromatic N) is 2. The van der Waals surface area contributed by atoms with Crippen LogP contribution in [0.2, 0.25) is 0 Å². The molecule has 0 aromatic carbocycles. The van der Waals surface area contributed by atoms with E-state index in [4.69, 9.17) is 5.26 Å². The molecule has 0 amide bonds.